The highest BCUT2D eigenvalue weighted by Crippen LogP contribution is 2.31. The standard InChI is InChI=1S/C14H9N4O/c1-3-16-12-6-11-13(17(12)5-1)18-8-9-7-15-4-2-10(9)14(18)19-11/h1-7H,8H2/q+1. The van der Waals surface area contributed by atoms with E-state index in [0.29, 0.717) is 0 Å². The van der Waals surface area contributed by atoms with Crippen LogP contribution >= 0.6 is 0 Å². The summed E-state index contributed by atoms with van der Waals surface area (Å²) in [6.07, 6.45) is 7.50. The Bertz CT molecular complexity index is 951. The molecule has 5 heterocycles. The van der Waals surface area contributed by atoms with Crippen molar-refractivity contribution in [3.05, 3.63) is 48.5 Å². The molecular formula is C14H9N4O+. The van der Waals surface area contributed by atoms with Gasteiger partial charge in [-0.15, -0.1) is 0 Å². The van der Waals surface area contributed by atoms with Crippen LogP contribution in [0.5, 0.6) is 0 Å². The summed E-state index contributed by atoms with van der Waals surface area (Å²) in [7, 11) is 0. The number of hydrogen-bond acceptors (Lipinski definition) is 3. The lowest BCUT2D eigenvalue weighted by atomic mass is 10.2. The van der Waals surface area contributed by atoms with Gasteiger partial charge in [0.15, 0.2) is 0 Å². The van der Waals surface area contributed by atoms with Crippen molar-refractivity contribution >= 4 is 16.9 Å². The molecule has 0 atom stereocenters. The van der Waals surface area contributed by atoms with Crippen LogP contribution in [0.1, 0.15) is 5.56 Å². The zero-order valence-corrected chi connectivity index (χ0v) is 9.95. The number of hydrogen-bond donors (Lipinski definition) is 0. The molecular weight excluding hydrogens is 240 g/mol. The number of fused-ring (bicyclic) bond motifs is 7. The molecule has 5 heteroatoms. The highest BCUT2D eigenvalue weighted by Gasteiger charge is 2.32. The molecule has 0 aliphatic carbocycles. The van der Waals surface area contributed by atoms with E-state index in [9.17, 15) is 0 Å². The van der Waals surface area contributed by atoms with Crippen LogP contribution < -0.4 is 4.57 Å². The molecule has 0 fully saturated rings. The number of nitrogens with zero attached hydrogens (tertiary/aromatic N) is 4. The van der Waals surface area contributed by atoms with Gasteiger partial charge in [0.25, 0.3) is 5.89 Å². The maximum atomic E-state index is 6.00. The smallest absolute Gasteiger partial charge is 0.335 e. The minimum Gasteiger partial charge on any atom is -0.413 e. The van der Waals surface area contributed by atoms with Crippen molar-refractivity contribution in [2.24, 2.45) is 0 Å². The van der Waals surface area contributed by atoms with E-state index in [1.165, 1.54) is 5.56 Å². The van der Waals surface area contributed by atoms with Crippen molar-refractivity contribution in [2.75, 3.05) is 0 Å². The third kappa shape index (κ3) is 1.03. The van der Waals surface area contributed by atoms with E-state index in [4.69, 9.17) is 4.42 Å². The SMILES string of the molecule is c1cnc2cc3oc4[n+](c3n2c1)Cc1cnccc1-4. The minimum atomic E-state index is 0.798. The van der Waals surface area contributed by atoms with Crippen molar-refractivity contribution in [1.29, 1.82) is 0 Å². The lowest BCUT2D eigenvalue weighted by Gasteiger charge is -1.90. The van der Waals surface area contributed by atoms with Crippen molar-refractivity contribution in [2.45, 2.75) is 6.54 Å². The lowest BCUT2D eigenvalue weighted by Crippen LogP contribution is -2.31. The average molecular weight is 249 g/mol. The molecule has 90 valence electrons. The summed E-state index contributed by atoms with van der Waals surface area (Å²) >= 11 is 0. The summed E-state index contributed by atoms with van der Waals surface area (Å²) in [6.45, 7) is 0.798. The fourth-order valence-corrected chi connectivity index (χ4v) is 2.84. The van der Waals surface area contributed by atoms with Crippen molar-refractivity contribution in [1.82, 2.24) is 14.4 Å². The van der Waals surface area contributed by atoms with Crippen LogP contribution in [-0.2, 0) is 6.54 Å². The summed E-state index contributed by atoms with van der Waals surface area (Å²) < 4.78 is 10.2. The predicted octanol–water partition coefficient (Wildman–Crippen LogP) is 1.79. The summed E-state index contributed by atoms with van der Waals surface area (Å²) in [5, 5.41) is 0. The van der Waals surface area contributed by atoms with E-state index >= 15 is 0 Å². The number of rotatable bonds is 0. The van der Waals surface area contributed by atoms with Gasteiger partial charge in [0.05, 0.1) is 17.8 Å². The van der Waals surface area contributed by atoms with Crippen molar-refractivity contribution in [3.8, 4) is 11.5 Å². The topological polar surface area (TPSA) is 47.2 Å². The Morgan fingerprint density at radius 1 is 1.32 bits per heavy atom. The van der Waals surface area contributed by atoms with Gasteiger partial charge < -0.3 is 4.42 Å². The van der Waals surface area contributed by atoms with Gasteiger partial charge in [-0.05, 0) is 12.1 Å². The molecule has 4 aromatic heterocycles. The predicted molar refractivity (Wildman–Crippen MR) is 67.5 cm³/mol. The maximum Gasteiger partial charge on any atom is 0.335 e. The van der Waals surface area contributed by atoms with E-state index in [-0.39, 0.29) is 0 Å². The maximum absolute atomic E-state index is 6.00. The monoisotopic (exact) mass is 249 g/mol. The molecule has 0 N–H and O–H groups in total. The second kappa shape index (κ2) is 3.00. The van der Waals surface area contributed by atoms with Crippen LogP contribution in [-0.4, -0.2) is 14.4 Å². The first-order chi connectivity index (χ1) is 9.42. The molecule has 0 saturated carbocycles. The van der Waals surface area contributed by atoms with Crippen molar-refractivity contribution < 1.29 is 8.98 Å². The number of aromatic nitrogens is 4. The highest BCUT2D eigenvalue weighted by molar-refractivity contribution is 5.77. The zero-order valence-electron chi connectivity index (χ0n) is 9.95. The minimum absolute atomic E-state index is 0.798. The van der Waals surface area contributed by atoms with Gasteiger partial charge in [-0.2, -0.15) is 8.97 Å². The van der Waals surface area contributed by atoms with Crippen molar-refractivity contribution in [3.63, 3.8) is 0 Å². The molecule has 0 spiro atoms. The zero-order chi connectivity index (χ0) is 12.4. The molecule has 0 radical (unpaired) electrons. The van der Waals surface area contributed by atoms with Gasteiger partial charge in [0.1, 0.15) is 6.54 Å². The first-order valence-electron chi connectivity index (χ1n) is 6.13. The van der Waals surface area contributed by atoms with E-state index in [1.807, 2.05) is 30.6 Å². The Morgan fingerprint density at radius 2 is 2.32 bits per heavy atom. The molecule has 5 rings (SSSR count). The number of oxazole rings is 1. The summed E-state index contributed by atoms with van der Waals surface area (Å²) in [5.74, 6) is 0.903. The van der Waals surface area contributed by atoms with E-state index in [2.05, 4.69) is 18.9 Å². The quantitative estimate of drug-likeness (QED) is 0.393. The molecule has 0 unspecified atom stereocenters. The largest absolute Gasteiger partial charge is 0.413 e. The van der Waals surface area contributed by atoms with E-state index in [1.54, 1.807) is 12.4 Å². The normalized spacial score (nSPS) is 13.1. The molecule has 1 aliphatic heterocycles. The van der Waals surface area contributed by atoms with Gasteiger partial charge in [-0.25, -0.2) is 4.98 Å². The molecule has 0 amide bonds. The Hall–Kier alpha value is -2.69. The Morgan fingerprint density at radius 3 is 3.32 bits per heavy atom. The molecule has 4 aromatic rings. The van der Waals surface area contributed by atoms with Gasteiger partial charge in [-0.1, -0.05) is 0 Å². The highest BCUT2D eigenvalue weighted by atomic mass is 16.4. The molecule has 0 saturated heterocycles. The molecule has 0 aromatic carbocycles. The summed E-state index contributed by atoms with van der Waals surface area (Å²) in [5.41, 5.74) is 5.15. The molecule has 0 bridgehead atoms. The van der Waals surface area contributed by atoms with Crippen LogP contribution in [0.15, 0.2) is 47.4 Å². The molecule has 19 heavy (non-hydrogen) atoms. The third-order valence-corrected chi connectivity index (χ3v) is 3.65. The average Bonchev–Trinajstić information content (AvgIpc) is 3.05. The summed E-state index contributed by atoms with van der Waals surface area (Å²) in [6, 6.07) is 5.90. The second-order valence-corrected chi connectivity index (χ2v) is 4.71. The third-order valence-electron chi connectivity index (χ3n) is 3.65. The van der Waals surface area contributed by atoms with E-state index < -0.39 is 0 Å². The van der Waals surface area contributed by atoms with Crippen LogP contribution in [0.25, 0.3) is 28.3 Å². The lowest BCUT2D eigenvalue weighted by molar-refractivity contribution is -0.651. The Kier molecular flexibility index (Phi) is 1.46. The fraction of sp³-hybridized carbons (Fsp3) is 0.0714. The van der Waals surface area contributed by atoms with Crippen LogP contribution in [0.3, 0.4) is 0 Å². The van der Waals surface area contributed by atoms with E-state index in [0.717, 1.165) is 34.9 Å². The number of pyridine rings is 1. The Balaban J connectivity index is 1.94. The first-order valence-corrected chi connectivity index (χ1v) is 6.13. The molecule has 1 aliphatic rings. The fourth-order valence-electron chi connectivity index (χ4n) is 2.84. The van der Waals surface area contributed by atoms with Gasteiger partial charge in [0.2, 0.25) is 11.2 Å². The van der Waals surface area contributed by atoms with Crippen LogP contribution in [0.2, 0.25) is 0 Å². The molecule has 5 nitrogen and oxygen atoms in total. The van der Waals surface area contributed by atoms with Gasteiger partial charge in [0, 0.05) is 24.2 Å². The van der Waals surface area contributed by atoms with Crippen LogP contribution in [0, 0.1) is 0 Å². The summed E-state index contributed by atoms with van der Waals surface area (Å²) in [4.78, 5) is 8.52. The second-order valence-electron chi connectivity index (χ2n) is 4.71. The Labute approximate surface area is 107 Å². The first kappa shape index (κ1) is 9.27. The van der Waals surface area contributed by atoms with Crippen LogP contribution in [0.4, 0.5) is 0 Å². The van der Waals surface area contributed by atoms with Gasteiger partial charge in [-0.3, -0.25) is 4.98 Å². The van der Waals surface area contributed by atoms with Gasteiger partial charge >= 0.3 is 5.65 Å².